The Morgan fingerprint density at radius 1 is 1.22 bits per heavy atom. The molecule has 1 aliphatic rings. The van der Waals surface area contributed by atoms with E-state index in [0.29, 0.717) is 28.3 Å². The van der Waals surface area contributed by atoms with E-state index in [4.69, 9.17) is 4.74 Å². The van der Waals surface area contributed by atoms with Crippen molar-refractivity contribution >= 4 is 17.7 Å². The van der Waals surface area contributed by atoms with E-state index < -0.39 is 11.7 Å². The summed E-state index contributed by atoms with van der Waals surface area (Å²) >= 11 is 1.51. The zero-order valence-electron chi connectivity index (χ0n) is 14.7. The van der Waals surface area contributed by atoms with E-state index in [1.807, 2.05) is 12.1 Å². The summed E-state index contributed by atoms with van der Waals surface area (Å²) in [6.07, 6.45) is -3.34. The third-order valence-corrected chi connectivity index (χ3v) is 7.48. The number of carbonyl (C=O) groups excluding carboxylic acids is 1. The van der Waals surface area contributed by atoms with Gasteiger partial charge >= 0.3 is 171 Å². The van der Waals surface area contributed by atoms with Crippen LogP contribution in [0.5, 0.6) is 0 Å². The van der Waals surface area contributed by atoms with Gasteiger partial charge in [0.1, 0.15) is 0 Å². The van der Waals surface area contributed by atoms with Gasteiger partial charge in [-0.1, -0.05) is 0 Å². The quantitative estimate of drug-likeness (QED) is 0.328. The number of carbonyl (C=O) groups is 1. The Kier molecular flexibility index (Phi) is 6.73. The molecule has 0 N–H and O–H groups in total. The predicted molar refractivity (Wildman–Crippen MR) is 94.6 cm³/mol. The molecule has 0 amide bonds. The van der Waals surface area contributed by atoms with Gasteiger partial charge in [0, 0.05) is 0 Å². The Morgan fingerprint density at radius 3 is 2.63 bits per heavy atom. The summed E-state index contributed by atoms with van der Waals surface area (Å²) < 4.78 is 45.5. The first-order valence-electron chi connectivity index (χ1n) is 8.58. The zero-order chi connectivity index (χ0) is 19.4. The second-order valence-electron chi connectivity index (χ2n) is 6.07. The van der Waals surface area contributed by atoms with Gasteiger partial charge in [0.25, 0.3) is 0 Å². The molecular formula is C20H19F3IO2S-. The van der Waals surface area contributed by atoms with Crippen LogP contribution in [0.15, 0.2) is 52.3 Å². The van der Waals surface area contributed by atoms with Crippen LogP contribution in [0.1, 0.15) is 34.0 Å². The van der Waals surface area contributed by atoms with Crippen LogP contribution in [0, 0.1) is 0 Å². The second kappa shape index (κ2) is 8.86. The van der Waals surface area contributed by atoms with Crippen LogP contribution in [-0.4, -0.2) is 17.0 Å². The minimum absolute atomic E-state index is 0.176. The maximum absolute atomic E-state index is 12.9. The fourth-order valence-electron chi connectivity index (χ4n) is 2.71. The molecule has 0 spiro atoms. The Balaban J connectivity index is 1.75. The number of ether oxygens (including phenoxy) is 1. The van der Waals surface area contributed by atoms with Gasteiger partial charge in [-0.05, 0) is 0 Å². The summed E-state index contributed by atoms with van der Waals surface area (Å²) in [4.78, 5) is 13.1. The van der Waals surface area contributed by atoms with E-state index in [9.17, 15) is 18.0 Å². The topological polar surface area (TPSA) is 26.3 Å². The molecule has 0 aromatic heterocycles. The molecule has 1 aliphatic heterocycles. The fraction of sp³-hybridized carbons (Fsp3) is 0.350. The second-order valence-corrected chi connectivity index (χ2v) is 10.5. The third kappa shape index (κ3) is 5.88. The molecule has 1 fully saturated rings. The molecule has 1 saturated heterocycles. The van der Waals surface area contributed by atoms with Crippen molar-refractivity contribution in [2.24, 2.45) is 0 Å². The number of hydrogen-bond acceptors (Lipinski definition) is 3. The summed E-state index contributed by atoms with van der Waals surface area (Å²) in [5.41, 5.74) is 1.77. The van der Waals surface area contributed by atoms with Crippen molar-refractivity contribution in [1.29, 1.82) is 0 Å². The van der Waals surface area contributed by atoms with E-state index in [-0.39, 0.29) is 27.2 Å². The number of rotatable bonds is 7. The first-order valence-corrected chi connectivity index (χ1v) is 12.2. The molecule has 0 aliphatic carbocycles. The molecule has 2 aromatic rings. The fourth-order valence-corrected chi connectivity index (χ4v) is 5.42. The molecule has 1 unspecified atom stereocenters. The average molecular weight is 507 g/mol. The normalized spacial score (nSPS) is 16.5. The summed E-state index contributed by atoms with van der Waals surface area (Å²) in [5, 5.41) is 0. The molecule has 27 heavy (non-hydrogen) atoms. The molecule has 1 atom stereocenters. The summed E-state index contributed by atoms with van der Waals surface area (Å²) in [5.74, 6) is -0.198. The molecule has 0 saturated carbocycles. The minimum atomic E-state index is -4.34. The van der Waals surface area contributed by atoms with Crippen LogP contribution >= 0.6 is 11.8 Å². The van der Waals surface area contributed by atoms with Crippen molar-refractivity contribution in [3.05, 3.63) is 59.2 Å². The molecule has 0 bridgehead atoms. The van der Waals surface area contributed by atoms with Crippen molar-refractivity contribution in [2.45, 2.75) is 39.7 Å². The Bertz CT molecular complexity index is 819. The van der Waals surface area contributed by atoms with Crippen LogP contribution in [0.4, 0.5) is 13.2 Å². The molecule has 2 aromatic carbocycles. The molecule has 146 valence electrons. The van der Waals surface area contributed by atoms with Crippen LogP contribution in [0.2, 0.25) is 0 Å². The number of halogens is 4. The molecule has 1 heterocycles. The molecule has 2 nitrogen and oxygen atoms in total. The van der Waals surface area contributed by atoms with Gasteiger partial charge in [0.05, 0.1) is 0 Å². The van der Waals surface area contributed by atoms with Crippen LogP contribution < -0.4 is 21.2 Å². The van der Waals surface area contributed by atoms with E-state index in [1.54, 1.807) is 13.0 Å². The Hall–Kier alpha value is -1.22. The van der Waals surface area contributed by atoms with Crippen LogP contribution in [-0.2, 0) is 22.1 Å². The van der Waals surface area contributed by atoms with Gasteiger partial charge in [0.15, 0.2) is 0 Å². The molecule has 7 heteroatoms. The van der Waals surface area contributed by atoms with Crippen LogP contribution in [0.3, 0.4) is 0 Å². The first kappa shape index (κ1) is 20.5. The number of hydrogen-bond donors (Lipinski definition) is 0. The van der Waals surface area contributed by atoms with Gasteiger partial charge < -0.3 is 0 Å². The number of esters is 1. The summed E-state index contributed by atoms with van der Waals surface area (Å²) in [6, 6.07) is 11.4. The monoisotopic (exact) mass is 507 g/mol. The van der Waals surface area contributed by atoms with Gasteiger partial charge in [-0.3, -0.25) is 0 Å². The Labute approximate surface area is 171 Å². The van der Waals surface area contributed by atoms with Crippen molar-refractivity contribution in [1.82, 2.24) is 0 Å². The molecule has 0 radical (unpaired) electrons. The van der Waals surface area contributed by atoms with Crippen molar-refractivity contribution in [3.8, 4) is 0 Å². The van der Waals surface area contributed by atoms with E-state index in [2.05, 4.69) is 6.07 Å². The van der Waals surface area contributed by atoms with Gasteiger partial charge in [0.2, 0.25) is 0 Å². The zero-order valence-corrected chi connectivity index (χ0v) is 17.7. The first-order chi connectivity index (χ1) is 12.9. The van der Waals surface area contributed by atoms with Crippen molar-refractivity contribution < 1.29 is 43.9 Å². The number of benzene rings is 2. The van der Waals surface area contributed by atoms with E-state index >= 15 is 0 Å². The average Bonchev–Trinajstić information content (AvgIpc) is 3.45. The maximum atomic E-state index is 12.9. The predicted octanol–water partition coefficient (Wildman–Crippen LogP) is 2.50. The van der Waals surface area contributed by atoms with Crippen LogP contribution in [0.25, 0.3) is 0 Å². The number of alkyl halides is 5. The molecule has 3 rings (SSSR count). The van der Waals surface area contributed by atoms with Crippen molar-refractivity contribution in [3.63, 3.8) is 0 Å². The Morgan fingerprint density at radius 2 is 1.96 bits per heavy atom. The van der Waals surface area contributed by atoms with E-state index in [1.165, 1.54) is 33.9 Å². The van der Waals surface area contributed by atoms with Crippen molar-refractivity contribution in [2.75, 3.05) is 11.0 Å². The SMILES string of the molecule is CCOC(=O)CCc1ccc(Sc2cccc(C(F)(F)F)c2)cc1C1C[I-]1. The van der Waals surface area contributed by atoms with Gasteiger partial charge in [-0.25, -0.2) is 0 Å². The summed E-state index contributed by atoms with van der Waals surface area (Å²) in [6.45, 7) is 2.17. The standard InChI is InChI=1S/C20H19F3IO2S/c1-2-26-19(25)9-7-13-6-8-16(11-17(13)18-12-24-18)27-15-5-3-4-14(10-15)20(21,22)23/h3-6,8,10-11,18H,2,7,9,12H2,1H3/q-1. The number of aryl methyl sites for hydroxylation is 1. The van der Waals surface area contributed by atoms with Gasteiger partial charge in [-0.2, -0.15) is 0 Å². The van der Waals surface area contributed by atoms with Gasteiger partial charge in [-0.15, -0.1) is 0 Å². The van der Waals surface area contributed by atoms with E-state index in [0.717, 1.165) is 16.5 Å². The molecular weight excluding hydrogens is 488 g/mol. The third-order valence-electron chi connectivity index (χ3n) is 4.06. The summed E-state index contributed by atoms with van der Waals surface area (Å²) in [7, 11) is 0.